The maximum absolute atomic E-state index is 13.0. The lowest BCUT2D eigenvalue weighted by atomic mass is 10.0. The van der Waals surface area contributed by atoms with E-state index in [0.717, 1.165) is 24.0 Å². The van der Waals surface area contributed by atoms with E-state index >= 15 is 0 Å². The number of halogens is 1. The highest BCUT2D eigenvalue weighted by Gasteiger charge is 2.31. The van der Waals surface area contributed by atoms with Crippen LogP contribution < -0.4 is 10.9 Å². The highest BCUT2D eigenvalue weighted by molar-refractivity contribution is 6.31. The van der Waals surface area contributed by atoms with Gasteiger partial charge in [0.05, 0.1) is 11.9 Å². The normalized spacial score (nSPS) is 15.1. The lowest BCUT2D eigenvalue weighted by molar-refractivity contribution is 0.0929. The molecular weight excluding hydrogens is 388 g/mol. The SMILES string of the molecule is Cc1cc(-c2cn3nc(C(=O)N[C@H](C)C4CC4)c(C(C)C)c3c(=O)[nH]2)ccc1Cl. The first-order chi connectivity index (χ1) is 13.8. The molecule has 1 aliphatic carbocycles. The summed E-state index contributed by atoms with van der Waals surface area (Å²) < 4.78 is 1.53. The van der Waals surface area contributed by atoms with Gasteiger partial charge in [-0.25, -0.2) is 4.52 Å². The van der Waals surface area contributed by atoms with Gasteiger partial charge in [0.1, 0.15) is 5.52 Å². The molecule has 2 N–H and O–H groups in total. The maximum atomic E-state index is 13.0. The molecule has 4 rings (SSSR count). The summed E-state index contributed by atoms with van der Waals surface area (Å²) in [4.78, 5) is 28.8. The number of H-pyrrole nitrogens is 1. The van der Waals surface area contributed by atoms with Crippen molar-refractivity contribution in [1.82, 2.24) is 19.9 Å². The second-order valence-electron chi connectivity index (χ2n) is 8.27. The standard InChI is InChI=1S/C22H25ClN4O2/c1-11(2)18-19(21(28)24-13(4)14-5-6-14)26-27-10-17(25-22(29)20(18)27)15-7-8-16(23)12(3)9-15/h7-11,13-14H,5-6H2,1-4H3,(H,24,28)(H,25,29)/t13-/m1/s1. The predicted molar refractivity (Wildman–Crippen MR) is 115 cm³/mol. The molecule has 2 aromatic heterocycles. The number of rotatable bonds is 5. The summed E-state index contributed by atoms with van der Waals surface area (Å²) in [5, 5.41) is 8.23. The van der Waals surface area contributed by atoms with Crippen LogP contribution in [0.3, 0.4) is 0 Å². The lowest BCUT2D eigenvalue weighted by Crippen LogP contribution is -2.34. The fraction of sp³-hybridized carbons (Fsp3) is 0.409. The summed E-state index contributed by atoms with van der Waals surface area (Å²) in [6, 6.07) is 5.68. The molecule has 1 atom stereocenters. The number of benzene rings is 1. The topological polar surface area (TPSA) is 79.3 Å². The molecule has 1 aliphatic rings. The van der Waals surface area contributed by atoms with Crippen LogP contribution in [0.4, 0.5) is 0 Å². The molecule has 0 bridgehead atoms. The summed E-state index contributed by atoms with van der Waals surface area (Å²) >= 11 is 6.12. The van der Waals surface area contributed by atoms with Crippen LogP contribution in [0.15, 0.2) is 29.2 Å². The Bertz CT molecular complexity index is 1160. The zero-order chi connectivity index (χ0) is 20.9. The van der Waals surface area contributed by atoms with E-state index in [9.17, 15) is 9.59 Å². The Balaban J connectivity index is 1.82. The second kappa shape index (κ2) is 7.34. The van der Waals surface area contributed by atoms with Crippen molar-refractivity contribution in [2.75, 3.05) is 0 Å². The van der Waals surface area contributed by atoms with E-state index in [1.54, 1.807) is 12.3 Å². The molecule has 1 saturated carbocycles. The van der Waals surface area contributed by atoms with Crippen LogP contribution >= 0.6 is 11.6 Å². The highest BCUT2D eigenvalue weighted by Crippen LogP contribution is 2.33. The van der Waals surface area contributed by atoms with Crippen molar-refractivity contribution >= 4 is 23.0 Å². The Morgan fingerprint density at radius 3 is 2.66 bits per heavy atom. The van der Waals surface area contributed by atoms with Crippen molar-refractivity contribution in [2.24, 2.45) is 5.92 Å². The number of fused-ring (bicyclic) bond motifs is 1. The molecule has 0 saturated heterocycles. The average molecular weight is 413 g/mol. The predicted octanol–water partition coefficient (Wildman–Crippen LogP) is 4.30. The molecule has 0 unspecified atom stereocenters. The van der Waals surface area contributed by atoms with E-state index < -0.39 is 0 Å². The van der Waals surface area contributed by atoms with Gasteiger partial charge in [-0.15, -0.1) is 0 Å². The van der Waals surface area contributed by atoms with E-state index in [4.69, 9.17) is 11.6 Å². The van der Waals surface area contributed by atoms with Gasteiger partial charge in [-0.05, 0) is 61.8 Å². The van der Waals surface area contributed by atoms with E-state index in [-0.39, 0.29) is 23.4 Å². The summed E-state index contributed by atoms with van der Waals surface area (Å²) in [6.07, 6.45) is 4.05. The fourth-order valence-corrected chi connectivity index (χ4v) is 3.88. The first-order valence-electron chi connectivity index (χ1n) is 9.99. The third-order valence-corrected chi connectivity index (χ3v) is 6.04. The molecule has 1 aromatic carbocycles. The zero-order valence-electron chi connectivity index (χ0n) is 17.0. The number of nitrogens with one attached hydrogen (secondary N) is 2. The number of carbonyl (C=O) groups is 1. The third-order valence-electron chi connectivity index (χ3n) is 5.61. The molecule has 3 aromatic rings. The summed E-state index contributed by atoms with van der Waals surface area (Å²) in [6.45, 7) is 7.87. The number of amides is 1. The number of carbonyl (C=O) groups excluding carboxylic acids is 1. The minimum Gasteiger partial charge on any atom is -0.348 e. The molecule has 29 heavy (non-hydrogen) atoms. The largest absolute Gasteiger partial charge is 0.348 e. The van der Waals surface area contributed by atoms with Crippen molar-refractivity contribution in [2.45, 2.75) is 52.5 Å². The molecular formula is C22H25ClN4O2. The van der Waals surface area contributed by atoms with Crippen LogP contribution in [0.25, 0.3) is 16.8 Å². The van der Waals surface area contributed by atoms with Crippen molar-refractivity contribution in [3.05, 3.63) is 56.6 Å². The molecule has 6 nitrogen and oxygen atoms in total. The van der Waals surface area contributed by atoms with Crippen molar-refractivity contribution in [1.29, 1.82) is 0 Å². The molecule has 0 aliphatic heterocycles. The molecule has 0 spiro atoms. The number of aromatic amines is 1. The quantitative estimate of drug-likeness (QED) is 0.655. The first kappa shape index (κ1) is 19.7. The Hall–Kier alpha value is -2.60. The number of aromatic nitrogens is 3. The highest BCUT2D eigenvalue weighted by atomic mass is 35.5. The minimum atomic E-state index is -0.263. The third kappa shape index (κ3) is 3.69. The summed E-state index contributed by atoms with van der Waals surface area (Å²) in [5.41, 5.74) is 3.52. The van der Waals surface area contributed by atoms with Gasteiger partial charge in [0.25, 0.3) is 11.5 Å². The first-order valence-corrected chi connectivity index (χ1v) is 10.4. The second-order valence-corrected chi connectivity index (χ2v) is 8.68. The molecule has 0 radical (unpaired) electrons. The Morgan fingerprint density at radius 2 is 2.03 bits per heavy atom. The van der Waals surface area contributed by atoms with Gasteiger partial charge in [0.15, 0.2) is 5.69 Å². The van der Waals surface area contributed by atoms with Gasteiger partial charge in [-0.1, -0.05) is 31.5 Å². The number of aryl methyl sites for hydroxylation is 1. The molecule has 152 valence electrons. The van der Waals surface area contributed by atoms with Crippen LogP contribution in [0.2, 0.25) is 5.02 Å². The van der Waals surface area contributed by atoms with Crippen LogP contribution in [-0.4, -0.2) is 26.5 Å². The Labute approximate surface area is 174 Å². The van der Waals surface area contributed by atoms with Crippen molar-refractivity contribution in [3.8, 4) is 11.3 Å². The van der Waals surface area contributed by atoms with Gasteiger partial charge in [0, 0.05) is 16.6 Å². The Kier molecular flexibility index (Phi) is 4.99. The van der Waals surface area contributed by atoms with E-state index in [2.05, 4.69) is 15.4 Å². The van der Waals surface area contributed by atoms with Gasteiger partial charge >= 0.3 is 0 Å². The average Bonchev–Trinajstić information content (AvgIpc) is 3.43. The summed E-state index contributed by atoms with van der Waals surface area (Å²) in [7, 11) is 0. The van der Waals surface area contributed by atoms with E-state index in [1.165, 1.54) is 4.52 Å². The number of hydrogen-bond donors (Lipinski definition) is 2. The van der Waals surface area contributed by atoms with Crippen LogP contribution in [-0.2, 0) is 0 Å². The van der Waals surface area contributed by atoms with Gasteiger partial charge in [0.2, 0.25) is 0 Å². The van der Waals surface area contributed by atoms with Crippen LogP contribution in [0, 0.1) is 12.8 Å². The monoisotopic (exact) mass is 412 g/mol. The van der Waals surface area contributed by atoms with Crippen molar-refractivity contribution in [3.63, 3.8) is 0 Å². The van der Waals surface area contributed by atoms with E-state index in [0.29, 0.717) is 33.4 Å². The molecule has 7 heteroatoms. The number of hydrogen-bond acceptors (Lipinski definition) is 3. The molecule has 1 amide bonds. The molecule has 2 heterocycles. The van der Waals surface area contributed by atoms with Gasteiger partial charge in [-0.2, -0.15) is 5.10 Å². The van der Waals surface area contributed by atoms with Gasteiger partial charge < -0.3 is 10.3 Å². The van der Waals surface area contributed by atoms with Crippen molar-refractivity contribution < 1.29 is 4.79 Å². The lowest BCUT2D eigenvalue weighted by Gasteiger charge is -2.13. The Morgan fingerprint density at radius 1 is 1.31 bits per heavy atom. The fourth-order valence-electron chi connectivity index (χ4n) is 3.77. The maximum Gasteiger partial charge on any atom is 0.274 e. The smallest absolute Gasteiger partial charge is 0.274 e. The number of nitrogens with zero attached hydrogens (tertiary/aromatic N) is 2. The minimum absolute atomic E-state index is 0.0193. The van der Waals surface area contributed by atoms with Crippen LogP contribution in [0.1, 0.15) is 61.1 Å². The van der Waals surface area contributed by atoms with E-state index in [1.807, 2.05) is 39.8 Å². The zero-order valence-corrected chi connectivity index (χ0v) is 17.8. The van der Waals surface area contributed by atoms with Gasteiger partial charge in [-0.3, -0.25) is 9.59 Å². The molecule has 1 fully saturated rings. The van der Waals surface area contributed by atoms with Crippen LogP contribution in [0.5, 0.6) is 0 Å². The summed E-state index contributed by atoms with van der Waals surface area (Å²) in [5.74, 6) is 0.302.